The van der Waals surface area contributed by atoms with Crippen LogP contribution in [0.15, 0.2) is 45.7 Å². The van der Waals surface area contributed by atoms with E-state index in [0.29, 0.717) is 16.6 Å². The van der Waals surface area contributed by atoms with E-state index in [9.17, 15) is 4.79 Å². The van der Waals surface area contributed by atoms with Crippen molar-refractivity contribution in [2.45, 2.75) is 19.4 Å². The van der Waals surface area contributed by atoms with E-state index in [1.54, 1.807) is 24.6 Å². The van der Waals surface area contributed by atoms with E-state index >= 15 is 0 Å². The predicted molar refractivity (Wildman–Crippen MR) is 71.3 cm³/mol. The second-order valence-corrected chi connectivity index (χ2v) is 4.75. The van der Waals surface area contributed by atoms with Gasteiger partial charge in [0.1, 0.15) is 10.4 Å². The van der Waals surface area contributed by atoms with Gasteiger partial charge >= 0.3 is 0 Å². The second kappa shape index (κ2) is 5.82. The Balaban J connectivity index is 1.97. The van der Waals surface area contributed by atoms with Crippen LogP contribution in [0.4, 0.5) is 0 Å². The minimum Gasteiger partial charge on any atom is -0.469 e. The van der Waals surface area contributed by atoms with E-state index in [2.05, 4.69) is 26.2 Å². The second-order valence-electron chi connectivity index (χ2n) is 4.00. The molecule has 5 heteroatoms. The standard InChI is InChI=1S/C13H13BrN2O2/c1-9(8-10-4-3-7-18-10)16-13(17)11-5-2-6-15-12(11)14/h2-7,9H,8H2,1H3,(H,16,17). The molecule has 94 valence electrons. The van der Waals surface area contributed by atoms with Crippen LogP contribution in [0.25, 0.3) is 0 Å². The molecule has 0 aliphatic heterocycles. The topological polar surface area (TPSA) is 55.1 Å². The fraction of sp³-hybridized carbons (Fsp3) is 0.231. The van der Waals surface area contributed by atoms with Crippen LogP contribution in [0.1, 0.15) is 23.0 Å². The Kier molecular flexibility index (Phi) is 4.15. The lowest BCUT2D eigenvalue weighted by molar-refractivity contribution is 0.0938. The Hall–Kier alpha value is -1.62. The lowest BCUT2D eigenvalue weighted by Crippen LogP contribution is -2.34. The van der Waals surface area contributed by atoms with E-state index in [0.717, 1.165) is 5.76 Å². The molecule has 0 saturated carbocycles. The summed E-state index contributed by atoms with van der Waals surface area (Å²) in [5.74, 6) is 0.710. The van der Waals surface area contributed by atoms with Crippen molar-refractivity contribution >= 4 is 21.8 Å². The fourth-order valence-electron chi connectivity index (χ4n) is 1.64. The van der Waals surface area contributed by atoms with Crippen molar-refractivity contribution in [1.29, 1.82) is 0 Å². The highest BCUT2D eigenvalue weighted by Crippen LogP contribution is 2.13. The number of pyridine rings is 1. The zero-order valence-electron chi connectivity index (χ0n) is 9.89. The largest absolute Gasteiger partial charge is 0.469 e. The summed E-state index contributed by atoms with van der Waals surface area (Å²) in [5, 5.41) is 2.91. The van der Waals surface area contributed by atoms with Crippen LogP contribution in [-0.2, 0) is 6.42 Å². The quantitative estimate of drug-likeness (QED) is 0.884. The number of halogens is 1. The molecule has 0 fully saturated rings. The number of nitrogens with zero attached hydrogens (tertiary/aromatic N) is 1. The molecule has 1 atom stereocenters. The van der Waals surface area contributed by atoms with Crippen LogP contribution in [-0.4, -0.2) is 16.9 Å². The molecule has 1 amide bonds. The van der Waals surface area contributed by atoms with Crippen molar-refractivity contribution in [1.82, 2.24) is 10.3 Å². The summed E-state index contributed by atoms with van der Waals surface area (Å²) >= 11 is 3.26. The lowest BCUT2D eigenvalue weighted by atomic mass is 10.2. The maximum absolute atomic E-state index is 12.0. The first-order chi connectivity index (χ1) is 8.66. The maximum atomic E-state index is 12.0. The molecule has 0 saturated heterocycles. The third kappa shape index (κ3) is 3.20. The number of hydrogen-bond donors (Lipinski definition) is 1. The summed E-state index contributed by atoms with van der Waals surface area (Å²) in [7, 11) is 0. The highest BCUT2D eigenvalue weighted by atomic mass is 79.9. The van der Waals surface area contributed by atoms with E-state index in [1.165, 1.54) is 0 Å². The van der Waals surface area contributed by atoms with Gasteiger partial charge in [-0.15, -0.1) is 0 Å². The van der Waals surface area contributed by atoms with Crippen LogP contribution < -0.4 is 5.32 Å². The minimum absolute atomic E-state index is 0.00393. The van der Waals surface area contributed by atoms with Crippen molar-refractivity contribution in [3.8, 4) is 0 Å². The van der Waals surface area contributed by atoms with Crippen LogP contribution in [0.5, 0.6) is 0 Å². The minimum atomic E-state index is -0.144. The summed E-state index contributed by atoms with van der Waals surface area (Å²) in [5.41, 5.74) is 0.531. The van der Waals surface area contributed by atoms with Crippen molar-refractivity contribution in [3.05, 3.63) is 52.7 Å². The van der Waals surface area contributed by atoms with E-state index in [4.69, 9.17) is 4.42 Å². The SMILES string of the molecule is CC(Cc1ccco1)NC(=O)c1cccnc1Br. The summed E-state index contributed by atoms with van der Waals surface area (Å²) in [4.78, 5) is 16.0. The van der Waals surface area contributed by atoms with E-state index < -0.39 is 0 Å². The third-order valence-electron chi connectivity index (χ3n) is 2.47. The van der Waals surface area contributed by atoms with Gasteiger partial charge in [0.15, 0.2) is 0 Å². The van der Waals surface area contributed by atoms with Crippen LogP contribution in [0.3, 0.4) is 0 Å². The highest BCUT2D eigenvalue weighted by molar-refractivity contribution is 9.10. The number of aromatic nitrogens is 1. The molecule has 0 aliphatic rings. The smallest absolute Gasteiger partial charge is 0.254 e. The fourth-order valence-corrected chi connectivity index (χ4v) is 2.07. The van der Waals surface area contributed by atoms with Crippen molar-refractivity contribution in [2.75, 3.05) is 0 Å². The van der Waals surface area contributed by atoms with Gasteiger partial charge in [-0.25, -0.2) is 4.98 Å². The molecule has 1 N–H and O–H groups in total. The van der Waals surface area contributed by atoms with Crippen LogP contribution in [0, 0.1) is 0 Å². The van der Waals surface area contributed by atoms with Gasteiger partial charge in [-0.05, 0) is 47.1 Å². The molecular weight excluding hydrogens is 296 g/mol. The number of amides is 1. The Morgan fingerprint density at radius 1 is 1.50 bits per heavy atom. The molecule has 0 spiro atoms. The lowest BCUT2D eigenvalue weighted by Gasteiger charge is -2.12. The molecule has 2 aromatic heterocycles. The average Bonchev–Trinajstić information content (AvgIpc) is 2.82. The molecule has 2 heterocycles. The number of carbonyl (C=O) groups excluding carboxylic acids is 1. The summed E-state index contributed by atoms with van der Waals surface area (Å²) in [6, 6.07) is 7.18. The predicted octanol–water partition coefficient (Wildman–Crippen LogP) is 2.80. The van der Waals surface area contributed by atoms with Gasteiger partial charge in [-0.2, -0.15) is 0 Å². The van der Waals surface area contributed by atoms with Gasteiger partial charge in [0.25, 0.3) is 5.91 Å². The van der Waals surface area contributed by atoms with Crippen molar-refractivity contribution < 1.29 is 9.21 Å². The first-order valence-corrected chi connectivity index (χ1v) is 6.40. The number of hydrogen-bond acceptors (Lipinski definition) is 3. The van der Waals surface area contributed by atoms with Crippen LogP contribution >= 0.6 is 15.9 Å². The Morgan fingerprint density at radius 3 is 3.00 bits per heavy atom. The van der Waals surface area contributed by atoms with Crippen molar-refractivity contribution in [3.63, 3.8) is 0 Å². The molecule has 18 heavy (non-hydrogen) atoms. The zero-order valence-corrected chi connectivity index (χ0v) is 11.5. The first-order valence-electron chi connectivity index (χ1n) is 5.60. The van der Waals surface area contributed by atoms with E-state index in [1.807, 2.05) is 19.1 Å². The zero-order chi connectivity index (χ0) is 13.0. The summed E-state index contributed by atoms with van der Waals surface area (Å²) in [6.45, 7) is 1.94. The monoisotopic (exact) mass is 308 g/mol. The van der Waals surface area contributed by atoms with Gasteiger partial charge in [0.2, 0.25) is 0 Å². The number of furan rings is 1. The van der Waals surface area contributed by atoms with Crippen molar-refractivity contribution in [2.24, 2.45) is 0 Å². The molecule has 2 rings (SSSR count). The maximum Gasteiger partial charge on any atom is 0.254 e. The van der Waals surface area contributed by atoms with Gasteiger partial charge in [0, 0.05) is 18.7 Å². The molecule has 0 aromatic carbocycles. The third-order valence-corrected chi connectivity index (χ3v) is 3.10. The molecular formula is C13H13BrN2O2. The Bertz CT molecular complexity index is 526. The van der Waals surface area contributed by atoms with Gasteiger partial charge in [-0.1, -0.05) is 0 Å². The molecule has 4 nitrogen and oxygen atoms in total. The van der Waals surface area contributed by atoms with E-state index in [-0.39, 0.29) is 11.9 Å². The molecule has 2 aromatic rings. The van der Waals surface area contributed by atoms with Gasteiger partial charge in [0.05, 0.1) is 11.8 Å². The van der Waals surface area contributed by atoms with Gasteiger partial charge in [-0.3, -0.25) is 4.79 Å². The molecule has 0 bridgehead atoms. The number of rotatable bonds is 4. The molecule has 0 radical (unpaired) electrons. The normalized spacial score (nSPS) is 12.1. The first kappa shape index (κ1) is 12.8. The number of nitrogens with one attached hydrogen (secondary N) is 1. The Morgan fingerprint density at radius 2 is 2.33 bits per heavy atom. The average molecular weight is 309 g/mol. The number of carbonyl (C=O) groups is 1. The summed E-state index contributed by atoms with van der Waals surface area (Å²) < 4.78 is 5.79. The Labute approximate surface area is 114 Å². The van der Waals surface area contributed by atoms with Crippen LogP contribution in [0.2, 0.25) is 0 Å². The molecule has 1 unspecified atom stereocenters. The highest BCUT2D eigenvalue weighted by Gasteiger charge is 2.14. The molecule has 0 aliphatic carbocycles. The summed E-state index contributed by atoms with van der Waals surface area (Å²) in [6.07, 6.45) is 3.92. The van der Waals surface area contributed by atoms with Gasteiger partial charge < -0.3 is 9.73 Å².